The molecule has 0 saturated carbocycles. The molecule has 0 aliphatic rings. The van der Waals surface area contributed by atoms with Crippen LogP contribution in [0.1, 0.15) is 38.3 Å². The number of aromatic amines is 1. The van der Waals surface area contributed by atoms with E-state index in [4.69, 9.17) is 16.6 Å². The van der Waals surface area contributed by atoms with E-state index in [9.17, 15) is 34.2 Å². The van der Waals surface area contributed by atoms with Gasteiger partial charge in [-0.05, 0) is 32.7 Å². The van der Waals surface area contributed by atoms with Crippen LogP contribution < -0.4 is 27.4 Å². The number of hydrogen-bond donors (Lipinski definition) is 9. The molecule has 1 rings (SSSR count). The van der Waals surface area contributed by atoms with E-state index in [0.717, 1.165) is 0 Å². The zero-order valence-electron chi connectivity index (χ0n) is 19.3. The number of hydrogen-bond acceptors (Lipinski definition) is 9. The monoisotopic (exact) mass is 499 g/mol. The van der Waals surface area contributed by atoms with E-state index in [2.05, 4.69) is 25.9 Å². The van der Waals surface area contributed by atoms with Crippen LogP contribution in [0.15, 0.2) is 12.5 Å². The van der Waals surface area contributed by atoms with Gasteiger partial charge in [0.25, 0.3) is 0 Å². The average Bonchev–Trinajstić information content (AvgIpc) is 3.28. The quantitative estimate of drug-likeness (QED) is 0.102. The third-order valence-electron chi connectivity index (χ3n) is 4.97. The molecule has 0 aliphatic heterocycles. The summed E-state index contributed by atoms with van der Waals surface area (Å²) in [6.07, 6.45) is 1.66. The van der Waals surface area contributed by atoms with Crippen molar-refractivity contribution in [3.8, 4) is 0 Å². The Balaban J connectivity index is 3.05. The van der Waals surface area contributed by atoms with Crippen LogP contribution in [0, 0.1) is 0 Å². The minimum absolute atomic E-state index is 0.0834. The molecule has 1 aromatic heterocycles. The number of aliphatic carboxylic acids is 2. The minimum atomic E-state index is -1.61. The molecule has 1 aromatic rings. The fraction of sp³-hybridized carbons (Fsp3) is 0.600. The molecular weight excluding hydrogens is 466 g/mol. The summed E-state index contributed by atoms with van der Waals surface area (Å²) in [5.41, 5.74) is 11.5. The van der Waals surface area contributed by atoms with E-state index in [1.54, 1.807) is 0 Å². The van der Waals surface area contributed by atoms with Crippen molar-refractivity contribution in [2.24, 2.45) is 11.5 Å². The molecule has 0 bridgehead atoms. The maximum Gasteiger partial charge on any atom is 0.328 e. The maximum atomic E-state index is 13.1. The minimum Gasteiger partial charge on any atom is -0.481 e. The van der Waals surface area contributed by atoms with Crippen molar-refractivity contribution < 1.29 is 39.3 Å². The van der Waals surface area contributed by atoms with Crippen molar-refractivity contribution in [2.45, 2.75) is 69.3 Å². The van der Waals surface area contributed by atoms with Crippen LogP contribution in [-0.2, 0) is 30.4 Å². The molecule has 11 N–H and O–H groups in total. The Morgan fingerprint density at radius 2 is 1.66 bits per heavy atom. The first-order valence-electron chi connectivity index (χ1n) is 10.9. The van der Waals surface area contributed by atoms with E-state index in [1.807, 2.05) is 0 Å². The van der Waals surface area contributed by atoms with Crippen LogP contribution in [0.2, 0.25) is 0 Å². The van der Waals surface area contributed by atoms with Crippen molar-refractivity contribution >= 4 is 29.7 Å². The SMILES string of the molecule is CC(O)C(NC(=O)C(CCCCN)NC(=O)C(Cc1cnc[nH]1)NC(=O)C(N)CC(=O)O)C(=O)O. The highest BCUT2D eigenvalue weighted by atomic mass is 16.4. The normalized spacial score (nSPS) is 15.2. The van der Waals surface area contributed by atoms with Gasteiger partial charge in [0.05, 0.1) is 24.9 Å². The van der Waals surface area contributed by atoms with Gasteiger partial charge in [0.1, 0.15) is 12.1 Å². The van der Waals surface area contributed by atoms with Gasteiger partial charge in [-0.25, -0.2) is 9.78 Å². The van der Waals surface area contributed by atoms with Crippen LogP contribution in [0.5, 0.6) is 0 Å². The Morgan fingerprint density at radius 3 is 2.17 bits per heavy atom. The van der Waals surface area contributed by atoms with E-state index in [-0.39, 0.29) is 12.8 Å². The predicted octanol–water partition coefficient (Wildman–Crippen LogP) is -3.20. The van der Waals surface area contributed by atoms with Gasteiger partial charge in [-0.2, -0.15) is 0 Å². The van der Waals surface area contributed by atoms with Crippen LogP contribution in [0.4, 0.5) is 0 Å². The lowest BCUT2D eigenvalue weighted by Gasteiger charge is -2.25. The molecule has 0 aliphatic carbocycles. The number of nitrogens with one attached hydrogen (secondary N) is 4. The Morgan fingerprint density at radius 1 is 1.03 bits per heavy atom. The largest absolute Gasteiger partial charge is 0.481 e. The molecule has 196 valence electrons. The third-order valence-corrected chi connectivity index (χ3v) is 4.97. The summed E-state index contributed by atoms with van der Waals surface area (Å²) < 4.78 is 0. The summed E-state index contributed by atoms with van der Waals surface area (Å²) in [5, 5.41) is 34.8. The summed E-state index contributed by atoms with van der Waals surface area (Å²) in [5.74, 6) is -5.30. The summed E-state index contributed by atoms with van der Waals surface area (Å²) in [7, 11) is 0. The topological polar surface area (TPSA) is 263 Å². The van der Waals surface area contributed by atoms with Gasteiger partial charge in [-0.1, -0.05) is 0 Å². The van der Waals surface area contributed by atoms with Gasteiger partial charge in [-0.15, -0.1) is 0 Å². The fourth-order valence-electron chi connectivity index (χ4n) is 3.06. The number of carboxylic acid groups (broad SMARTS) is 2. The van der Waals surface area contributed by atoms with Crippen molar-refractivity contribution in [3.05, 3.63) is 18.2 Å². The van der Waals surface area contributed by atoms with Crippen molar-refractivity contribution in [2.75, 3.05) is 6.54 Å². The highest BCUT2D eigenvalue weighted by Crippen LogP contribution is 2.06. The number of rotatable bonds is 16. The third kappa shape index (κ3) is 10.5. The number of nitrogens with zero attached hydrogens (tertiary/aromatic N) is 1. The zero-order valence-corrected chi connectivity index (χ0v) is 19.3. The van der Waals surface area contributed by atoms with Gasteiger partial charge in [0.2, 0.25) is 17.7 Å². The number of aromatic nitrogens is 2. The summed E-state index contributed by atoms with van der Waals surface area (Å²) in [4.78, 5) is 67.0. The van der Waals surface area contributed by atoms with Crippen LogP contribution >= 0.6 is 0 Å². The molecule has 5 atom stereocenters. The number of aliphatic hydroxyl groups is 1. The first-order chi connectivity index (χ1) is 16.5. The van der Waals surface area contributed by atoms with Gasteiger partial charge in [-0.3, -0.25) is 19.2 Å². The number of carbonyl (C=O) groups is 5. The number of carboxylic acids is 2. The Bertz CT molecular complexity index is 862. The molecule has 0 saturated heterocycles. The average molecular weight is 500 g/mol. The van der Waals surface area contributed by atoms with Crippen LogP contribution in [0.25, 0.3) is 0 Å². The predicted molar refractivity (Wildman–Crippen MR) is 121 cm³/mol. The summed E-state index contributed by atoms with van der Waals surface area (Å²) in [6.45, 7) is 1.52. The lowest BCUT2D eigenvalue weighted by molar-refractivity contribution is -0.145. The molecular formula is C20H33N7O8. The second kappa shape index (κ2) is 14.6. The lowest BCUT2D eigenvalue weighted by atomic mass is 10.0. The Hall–Kier alpha value is -3.56. The lowest BCUT2D eigenvalue weighted by Crippen LogP contribution is -2.58. The fourth-order valence-corrected chi connectivity index (χ4v) is 3.06. The molecule has 0 radical (unpaired) electrons. The highest BCUT2D eigenvalue weighted by molar-refractivity contribution is 5.94. The highest BCUT2D eigenvalue weighted by Gasteiger charge is 2.32. The van der Waals surface area contributed by atoms with Gasteiger partial charge in [0, 0.05) is 18.3 Å². The maximum absolute atomic E-state index is 13.1. The van der Waals surface area contributed by atoms with Crippen molar-refractivity contribution in [3.63, 3.8) is 0 Å². The number of H-pyrrole nitrogens is 1. The molecule has 0 spiro atoms. The number of nitrogens with two attached hydrogens (primary N) is 2. The molecule has 3 amide bonds. The number of aliphatic hydroxyl groups excluding tert-OH is 1. The van der Waals surface area contributed by atoms with Crippen molar-refractivity contribution in [1.29, 1.82) is 0 Å². The van der Waals surface area contributed by atoms with Gasteiger partial charge in [0.15, 0.2) is 6.04 Å². The van der Waals surface area contributed by atoms with E-state index in [0.29, 0.717) is 25.1 Å². The first-order valence-corrected chi connectivity index (χ1v) is 10.9. The molecule has 0 aromatic carbocycles. The van der Waals surface area contributed by atoms with Crippen molar-refractivity contribution in [1.82, 2.24) is 25.9 Å². The second-order valence-electron chi connectivity index (χ2n) is 7.96. The molecule has 15 nitrogen and oxygen atoms in total. The zero-order chi connectivity index (χ0) is 26.5. The molecule has 35 heavy (non-hydrogen) atoms. The summed E-state index contributed by atoms with van der Waals surface area (Å²) in [6, 6.07) is -5.50. The number of unbranched alkanes of at least 4 members (excludes halogenated alkanes) is 1. The number of imidazole rings is 1. The first kappa shape index (κ1) is 29.5. The number of amides is 3. The Kier molecular flexibility index (Phi) is 12.3. The molecule has 1 heterocycles. The van der Waals surface area contributed by atoms with Crippen LogP contribution in [0.3, 0.4) is 0 Å². The Labute approximate surface area is 201 Å². The molecule has 5 unspecified atom stereocenters. The van der Waals surface area contributed by atoms with Crippen LogP contribution in [-0.4, -0.2) is 91.8 Å². The number of carbonyl (C=O) groups excluding carboxylic acids is 3. The van der Waals surface area contributed by atoms with E-state index >= 15 is 0 Å². The summed E-state index contributed by atoms with van der Waals surface area (Å²) >= 11 is 0. The van der Waals surface area contributed by atoms with Gasteiger partial charge < -0.3 is 47.7 Å². The van der Waals surface area contributed by atoms with Gasteiger partial charge >= 0.3 is 11.9 Å². The smallest absolute Gasteiger partial charge is 0.328 e. The molecule has 0 fully saturated rings. The van der Waals surface area contributed by atoms with E-state index < -0.39 is 66.4 Å². The van der Waals surface area contributed by atoms with E-state index in [1.165, 1.54) is 19.4 Å². The molecule has 15 heteroatoms. The second-order valence-corrected chi connectivity index (χ2v) is 7.96. The standard InChI is InChI=1S/C20H33N7O8/c1-10(28)16(20(34)35)27-18(32)13(4-2-3-5-21)25-19(33)14(6-11-8-23-9-24-11)26-17(31)12(22)7-15(29)30/h8-10,12-14,16,28H,2-7,21-22H2,1H3,(H,23,24)(H,25,33)(H,26,31)(H,27,32)(H,29,30)(H,34,35).